The highest BCUT2D eigenvalue weighted by molar-refractivity contribution is 5.77. The van der Waals surface area contributed by atoms with E-state index < -0.39 is 5.82 Å². The first-order chi connectivity index (χ1) is 9.24. The Bertz CT molecular complexity index is 584. The SMILES string of the molecule is CCCOc1cncc(-c2ccc(C=O)c(F)c2)c1. The molecule has 0 aliphatic carbocycles. The topological polar surface area (TPSA) is 39.2 Å². The van der Waals surface area contributed by atoms with Gasteiger partial charge in [0.15, 0.2) is 6.29 Å². The molecule has 1 aromatic heterocycles. The number of benzene rings is 1. The molecule has 0 aliphatic heterocycles. The molecule has 0 spiro atoms. The number of aldehydes is 1. The largest absolute Gasteiger partial charge is 0.492 e. The van der Waals surface area contributed by atoms with E-state index in [1.807, 2.05) is 6.92 Å². The summed E-state index contributed by atoms with van der Waals surface area (Å²) in [7, 11) is 0. The number of hydrogen-bond donors (Lipinski definition) is 0. The average Bonchev–Trinajstić information content (AvgIpc) is 2.45. The molecule has 1 heterocycles. The third-order valence-electron chi connectivity index (χ3n) is 2.65. The van der Waals surface area contributed by atoms with Gasteiger partial charge in [-0.05, 0) is 30.2 Å². The molecule has 0 bridgehead atoms. The molecule has 3 nitrogen and oxygen atoms in total. The molecule has 4 heteroatoms. The van der Waals surface area contributed by atoms with Crippen molar-refractivity contribution in [1.82, 2.24) is 4.98 Å². The van der Waals surface area contributed by atoms with Crippen LogP contribution in [0.25, 0.3) is 11.1 Å². The second-order valence-corrected chi connectivity index (χ2v) is 4.11. The number of carbonyl (C=O) groups is 1. The van der Waals surface area contributed by atoms with E-state index in [0.29, 0.717) is 24.2 Å². The van der Waals surface area contributed by atoms with E-state index in [1.54, 1.807) is 24.5 Å². The molecule has 2 rings (SSSR count). The molecule has 2 aromatic rings. The second kappa shape index (κ2) is 6.09. The molecule has 0 saturated heterocycles. The maximum atomic E-state index is 13.6. The molecule has 0 N–H and O–H groups in total. The number of nitrogens with zero attached hydrogens (tertiary/aromatic N) is 1. The van der Waals surface area contributed by atoms with Crippen molar-refractivity contribution in [1.29, 1.82) is 0 Å². The molecular weight excluding hydrogens is 245 g/mol. The van der Waals surface area contributed by atoms with Gasteiger partial charge in [0.05, 0.1) is 18.4 Å². The third-order valence-corrected chi connectivity index (χ3v) is 2.65. The minimum atomic E-state index is -0.535. The minimum absolute atomic E-state index is 0.0510. The van der Waals surface area contributed by atoms with Crippen LogP contribution in [0.4, 0.5) is 4.39 Å². The van der Waals surface area contributed by atoms with E-state index in [9.17, 15) is 9.18 Å². The van der Waals surface area contributed by atoms with Crippen molar-refractivity contribution in [3.63, 3.8) is 0 Å². The maximum Gasteiger partial charge on any atom is 0.152 e. The first-order valence-corrected chi connectivity index (χ1v) is 6.07. The zero-order valence-corrected chi connectivity index (χ0v) is 10.6. The van der Waals surface area contributed by atoms with Crippen LogP contribution in [0.2, 0.25) is 0 Å². The molecule has 98 valence electrons. The van der Waals surface area contributed by atoms with Gasteiger partial charge in [0.25, 0.3) is 0 Å². The van der Waals surface area contributed by atoms with Crippen LogP contribution < -0.4 is 4.74 Å². The van der Waals surface area contributed by atoms with Crippen LogP contribution in [-0.2, 0) is 0 Å². The van der Waals surface area contributed by atoms with Gasteiger partial charge in [0, 0.05) is 11.8 Å². The van der Waals surface area contributed by atoms with Gasteiger partial charge in [-0.15, -0.1) is 0 Å². The summed E-state index contributed by atoms with van der Waals surface area (Å²) in [5.41, 5.74) is 1.47. The Balaban J connectivity index is 2.30. The van der Waals surface area contributed by atoms with Gasteiger partial charge < -0.3 is 4.74 Å². The minimum Gasteiger partial charge on any atom is -0.492 e. The van der Waals surface area contributed by atoms with Gasteiger partial charge in [0.1, 0.15) is 11.6 Å². The van der Waals surface area contributed by atoms with E-state index in [4.69, 9.17) is 4.74 Å². The lowest BCUT2D eigenvalue weighted by molar-refractivity contribution is 0.112. The van der Waals surface area contributed by atoms with Crippen LogP contribution in [-0.4, -0.2) is 17.9 Å². The van der Waals surface area contributed by atoms with Crippen molar-refractivity contribution in [3.8, 4) is 16.9 Å². The molecule has 0 saturated carbocycles. The van der Waals surface area contributed by atoms with Crippen molar-refractivity contribution in [3.05, 3.63) is 48.0 Å². The summed E-state index contributed by atoms with van der Waals surface area (Å²) in [5.74, 6) is 0.117. The maximum absolute atomic E-state index is 13.6. The summed E-state index contributed by atoms with van der Waals surface area (Å²) < 4.78 is 19.0. The van der Waals surface area contributed by atoms with Gasteiger partial charge in [-0.25, -0.2) is 4.39 Å². The van der Waals surface area contributed by atoms with E-state index in [-0.39, 0.29) is 5.56 Å². The van der Waals surface area contributed by atoms with Gasteiger partial charge in [-0.1, -0.05) is 13.0 Å². The Morgan fingerprint density at radius 3 is 2.79 bits per heavy atom. The monoisotopic (exact) mass is 259 g/mol. The lowest BCUT2D eigenvalue weighted by atomic mass is 10.1. The number of aromatic nitrogens is 1. The van der Waals surface area contributed by atoms with Crippen molar-refractivity contribution < 1.29 is 13.9 Å². The van der Waals surface area contributed by atoms with Crippen LogP contribution in [0.5, 0.6) is 5.75 Å². The number of pyridine rings is 1. The standard InChI is InChI=1S/C15H14FNO2/c1-2-5-19-14-6-13(8-17-9-14)11-3-4-12(10-18)15(16)7-11/h3-4,6-10H,2,5H2,1H3. The van der Waals surface area contributed by atoms with Crippen molar-refractivity contribution in [2.24, 2.45) is 0 Å². The fourth-order valence-corrected chi connectivity index (χ4v) is 1.68. The summed E-state index contributed by atoms with van der Waals surface area (Å²) in [4.78, 5) is 14.6. The molecule has 1 aromatic carbocycles. The fraction of sp³-hybridized carbons (Fsp3) is 0.200. The Hall–Kier alpha value is -2.23. The van der Waals surface area contributed by atoms with Gasteiger partial charge in [-0.3, -0.25) is 9.78 Å². The first-order valence-electron chi connectivity index (χ1n) is 6.07. The predicted molar refractivity (Wildman–Crippen MR) is 70.8 cm³/mol. The predicted octanol–water partition coefficient (Wildman–Crippen LogP) is 3.49. The third kappa shape index (κ3) is 3.16. The summed E-state index contributed by atoms with van der Waals surface area (Å²) in [6.07, 6.45) is 4.66. The number of halogens is 1. The van der Waals surface area contributed by atoms with Crippen LogP contribution >= 0.6 is 0 Å². The van der Waals surface area contributed by atoms with Crippen LogP contribution in [0.1, 0.15) is 23.7 Å². The zero-order valence-electron chi connectivity index (χ0n) is 10.6. The second-order valence-electron chi connectivity index (χ2n) is 4.11. The van der Waals surface area contributed by atoms with E-state index >= 15 is 0 Å². The molecule has 0 unspecified atom stereocenters. The number of hydrogen-bond acceptors (Lipinski definition) is 3. The first kappa shape index (κ1) is 13.2. The van der Waals surface area contributed by atoms with Crippen molar-refractivity contribution >= 4 is 6.29 Å². The Morgan fingerprint density at radius 1 is 1.26 bits per heavy atom. The number of ether oxygens (including phenoxy) is 1. The van der Waals surface area contributed by atoms with Gasteiger partial charge in [0.2, 0.25) is 0 Å². The fourth-order valence-electron chi connectivity index (χ4n) is 1.68. The van der Waals surface area contributed by atoms with Crippen LogP contribution in [0.15, 0.2) is 36.7 Å². The quantitative estimate of drug-likeness (QED) is 0.771. The van der Waals surface area contributed by atoms with Gasteiger partial charge in [-0.2, -0.15) is 0 Å². The summed E-state index contributed by atoms with van der Waals surface area (Å²) in [6.45, 7) is 2.63. The molecule has 0 amide bonds. The molecule has 0 atom stereocenters. The molecular formula is C15H14FNO2. The van der Waals surface area contributed by atoms with Crippen LogP contribution in [0.3, 0.4) is 0 Å². The lowest BCUT2D eigenvalue weighted by Gasteiger charge is -2.07. The van der Waals surface area contributed by atoms with E-state index in [2.05, 4.69) is 4.98 Å². The highest BCUT2D eigenvalue weighted by atomic mass is 19.1. The van der Waals surface area contributed by atoms with Gasteiger partial charge >= 0.3 is 0 Å². The zero-order chi connectivity index (χ0) is 13.7. The summed E-state index contributed by atoms with van der Waals surface area (Å²) in [6, 6.07) is 6.27. The molecule has 0 fully saturated rings. The Kier molecular flexibility index (Phi) is 4.23. The lowest BCUT2D eigenvalue weighted by Crippen LogP contribution is -1.96. The van der Waals surface area contributed by atoms with E-state index in [0.717, 1.165) is 12.0 Å². The van der Waals surface area contributed by atoms with Crippen molar-refractivity contribution in [2.75, 3.05) is 6.61 Å². The normalized spacial score (nSPS) is 10.2. The van der Waals surface area contributed by atoms with E-state index in [1.165, 1.54) is 12.1 Å². The highest BCUT2D eigenvalue weighted by Gasteiger charge is 2.06. The molecule has 0 aliphatic rings. The molecule has 0 radical (unpaired) electrons. The summed E-state index contributed by atoms with van der Waals surface area (Å²) in [5, 5.41) is 0. The van der Waals surface area contributed by atoms with Crippen molar-refractivity contribution in [2.45, 2.75) is 13.3 Å². The smallest absolute Gasteiger partial charge is 0.152 e. The van der Waals surface area contributed by atoms with Crippen LogP contribution in [0, 0.1) is 5.82 Å². The number of carbonyl (C=O) groups excluding carboxylic acids is 1. The Morgan fingerprint density at radius 2 is 2.11 bits per heavy atom. The summed E-state index contributed by atoms with van der Waals surface area (Å²) >= 11 is 0. The average molecular weight is 259 g/mol. The molecule has 19 heavy (non-hydrogen) atoms. The highest BCUT2D eigenvalue weighted by Crippen LogP contribution is 2.24. The number of rotatable bonds is 5. The Labute approximate surface area is 111 Å².